The molecule has 0 unspecified atom stereocenters. The number of aldehydes is 1. The molecule has 4 heteroatoms. The third-order valence-corrected chi connectivity index (χ3v) is 4.21. The quantitative estimate of drug-likeness (QED) is 0.859. The van der Waals surface area contributed by atoms with Crippen molar-refractivity contribution >= 4 is 17.3 Å². The predicted molar refractivity (Wildman–Crippen MR) is 74.1 cm³/mol. The molecule has 1 aromatic carbocycles. The molecule has 4 nitrogen and oxygen atoms in total. The van der Waals surface area contributed by atoms with E-state index in [1.807, 2.05) is 28.8 Å². The van der Waals surface area contributed by atoms with Crippen molar-refractivity contribution < 1.29 is 4.79 Å². The molecule has 1 saturated carbocycles. The van der Waals surface area contributed by atoms with Crippen molar-refractivity contribution in [1.82, 2.24) is 9.55 Å². The summed E-state index contributed by atoms with van der Waals surface area (Å²) >= 11 is 0. The normalized spacial score (nSPS) is 23.6. The average Bonchev–Trinajstić information content (AvgIpc) is 2.76. The van der Waals surface area contributed by atoms with E-state index in [0.29, 0.717) is 5.92 Å². The molecule has 0 saturated heterocycles. The molecule has 0 radical (unpaired) electrons. The Kier molecular flexibility index (Phi) is 3.23. The van der Waals surface area contributed by atoms with Crippen molar-refractivity contribution in [2.24, 2.45) is 11.8 Å². The average molecular weight is 258 g/mol. The molecule has 1 aliphatic rings. The molecule has 0 atom stereocenters. The number of nitrogens with one attached hydrogen (secondary N) is 1. The van der Waals surface area contributed by atoms with Crippen molar-refractivity contribution in [1.29, 1.82) is 0 Å². The summed E-state index contributed by atoms with van der Waals surface area (Å²) in [4.78, 5) is 25.6. The largest absolute Gasteiger partial charge is 0.326 e. The van der Waals surface area contributed by atoms with E-state index in [1.54, 1.807) is 0 Å². The van der Waals surface area contributed by atoms with Gasteiger partial charge in [0.25, 0.3) is 0 Å². The Bertz CT molecular complexity index is 633. The van der Waals surface area contributed by atoms with Crippen molar-refractivity contribution in [2.45, 2.75) is 32.2 Å². The number of aromatic nitrogens is 2. The van der Waals surface area contributed by atoms with Gasteiger partial charge in [0.1, 0.15) is 6.29 Å². The fraction of sp³-hybridized carbons (Fsp3) is 0.467. The van der Waals surface area contributed by atoms with E-state index in [9.17, 15) is 9.59 Å². The summed E-state index contributed by atoms with van der Waals surface area (Å²) in [5.74, 6) is 0.740. The number of rotatable bonds is 3. The minimum atomic E-state index is -0.0290. The van der Waals surface area contributed by atoms with Crippen LogP contribution in [0.25, 0.3) is 11.0 Å². The predicted octanol–water partition coefficient (Wildman–Crippen LogP) is 2.33. The van der Waals surface area contributed by atoms with Crippen molar-refractivity contribution in [3.05, 3.63) is 34.7 Å². The Morgan fingerprint density at radius 3 is 2.68 bits per heavy atom. The molecule has 0 bridgehead atoms. The fourth-order valence-electron chi connectivity index (χ4n) is 3.05. The van der Waals surface area contributed by atoms with Gasteiger partial charge in [0.05, 0.1) is 11.0 Å². The van der Waals surface area contributed by atoms with Crippen LogP contribution in [0.15, 0.2) is 29.1 Å². The molecular weight excluding hydrogens is 240 g/mol. The molecule has 0 aliphatic heterocycles. The van der Waals surface area contributed by atoms with Crippen molar-refractivity contribution in [3.63, 3.8) is 0 Å². The molecular formula is C15H18N2O2. The summed E-state index contributed by atoms with van der Waals surface area (Å²) in [5.41, 5.74) is 1.85. The molecule has 1 heterocycles. The Labute approximate surface area is 111 Å². The zero-order chi connectivity index (χ0) is 13.2. The lowest BCUT2D eigenvalue weighted by Crippen LogP contribution is -2.25. The van der Waals surface area contributed by atoms with E-state index in [0.717, 1.165) is 49.5 Å². The summed E-state index contributed by atoms with van der Waals surface area (Å²) < 4.78 is 1.83. The fourth-order valence-corrected chi connectivity index (χ4v) is 3.05. The van der Waals surface area contributed by atoms with E-state index >= 15 is 0 Å². The van der Waals surface area contributed by atoms with Crippen LogP contribution in [0, 0.1) is 11.8 Å². The van der Waals surface area contributed by atoms with E-state index in [1.165, 1.54) is 0 Å². The number of carbonyl (C=O) groups is 1. The first kappa shape index (κ1) is 12.2. The number of imidazole rings is 1. The second kappa shape index (κ2) is 5.03. The highest BCUT2D eigenvalue weighted by Gasteiger charge is 2.22. The van der Waals surface area contributed by atoms with Gasteiger partial charge in [0, 0.05) is 12.5 Å². The van der Waals surface area contributed by atoms with Gasteiger partial charge in [0.2, 0.25) is 0 Å². The highest BCUT2D eigenvalue weighted by atomic mass is 16.1. The van der Waals surface area contributed by atoms with E-state index in [2.05, 4.69) is 4.98 Å². The van der Waals surface area contributed by atoms with Gasteiger partial charge in [-0.05, 0) is 43.7 Å². The minimum Gasteiger partial charge on any atom is -0.306 e. The molecule has 19 heavy (non-hydrogen) atoms. The number of fused-ring (bicyclic) bond motifs is 1. The number of carbonyl (C=O) groups excluding carboxylic acids is 1. The van der Waals surface area contributed by atoms with Crippen LogP contribution in [-0.4, -0.2) is 15.8 Å². The summed E-state index contributed by atoms with van der Waals surface area (Å²) in [6.45, 7) is 0.758. The smallest absolute Gasteiger partial charge is 0.306 e. The summed E-state index contributed by atoms with van der Waals surface area (Å²) in [6.07, 6.45) is 5.08. The van der Waals surface area contributed by atoms with E-state index < -0.39 is 0 Å². The van der Waals surface area contributed by atoms with Crippen LogP contribution in [-0.2, 0) is 11.3 Å². The SMILES string of the molecule is O=CC1CCC(Cn2c(=O)[nH]c3ccccc32)CC1. The highest BCUT2D eigenvalue weighted by Crippen LogP contribution is 2.29. The summed E-state index contributed by atoms with van der Waals surface area (Å²) in [5, 5.41) is 0. The second-order valence-corrected chi connectivity index (χ2v) is 5.47. The molecule has 100 valence electrons. The van der Waals surface area contributed by atoms with Crippen LogP contribution in [0.5, 0.6) is 0 Å². The molecule has 1 fully saturated rings. The van der Waals surface area contributed by atoms with Gasteiger partial charge in [-0.25, -0.2) is 4.79 Å². The standard InChI is InChI=1S/C15H18N2O2/c18-10-12-7-5-11(6-8-12)9-17-14-4-2-1-3-13(14)16-15(17)19/h1-4,10-12H,5-9H2,(H,16,19). The maximum absolute atomic E-state index is 12.0. The Hall–Kier alpha value is -1.84. The topological polar surface area (TPSA) is 54.9 Å². The molecule has 1 N–H and O–H groups in total. The first-order valence-electron chi connectivity index (χ1n) is 6.91. The summed E-state index contributed by atoms with van der Waals surface area (Å²) in [6, 6.07) is 7.79. The van der Waals surface area contributed by atoms with Crippen LogP contribution >= 0.6 is 0 Å². The van der Waals surface area contributed by atoms with Gasteiger partial charge in [0.15, 0.2) is 0 Å². The first-order valence-corrected chi connectivity index (χ1v) is 6.91. The lowest BCUT2D eigenvalue weighted by molar-refractivity contribution is -0.112. The van der Waals surface area contributed by atoms with Gasteiger partial charge in [-0.15, -0.1) is 0 Å². The van der Waals surface area contributed by atoms with Gasteiger partial charge in [-0.1, -0.05) is 12.1 Å². The lowest BCUT2D eigenvalue weighted by Gasteiger charge is -2.25. The Morgan fingerprint density at radius 2 is 1.95 bits per heavy atom. The van der Waals surface area contributed by atoms with Gasteiger partial charge in [-0.3, -0.25) is 4.57 Å². The van der Waals surface area contributed by atoms with Gasteiger partial charge in [-0.2, -0.15) is 0 Å². The lowest BCUT2D eigenvalue weighted by atomic mass is 9.83. The second-order valence-electron chi connectivity index (χ2n) is 5.47. The van der Waals surface area contributed by atoms with Crippen LogP contribution in [0.3, 0.4) is 0 Å². The van der Waals surface area contributed by atoms with Crippen LogP contribution in [0.1, 0.15) is 25.7 Å². The van der Waals surface area contributed by atoms with Gasteiger partial charge < -0.3 is 9.78 Å². The van der Waals surface area contributed by atoms with Crippen molar-refractivity contribution in [3.8, 4) is 0 Å². The third kappa shape index (κ3) is 2.35. The van der Waals surface area contributed by atoms with Crippen LogP contribution < -0.4 is 5.69 Å². The monoisotopic (exact) mass is 258 g/mol. The molecule has 0 amide bonds. The van der Waals surface area contributed by atoms with Gasteiger partial charge >= 0.3 is 5.69 Å². The van der Waals surface area contributed by atoms with Crippen LogP contribution in [0.4, 0.5) is 0 Å². The van der Waals surface area contributed by atoms with Crippen molar-refractivity contribution in [2.75, 3.05) is 0 Å². The molecule has 0 spiro atoms. The Balaban J connectivity index is 1.80. The highest BCUT2D eigenvalue weighted by molar-refractivity contribution is 5.74. The third-order valence-electron chi connectivity index (χ3n) is 4.21. The molecule has 2 aromatic rings. The molecule has 3 rings (SSSR count). The minimum absolute atomic E-state index is 0.0290. The zero-order valence-electron chi connectivity index (χ0n) is 10.8. The summed E-state index contributed by atoms with van der Waals surface area (Å²) in [7, 11) is 0. The number of H-pyrrole nitrogens is 1. The van der Waals surface area contributed by atoms with E-state index in [4.69, 9.17) is 0 Å². The molecule has 1 aliphatic carbocycles. The number of nitrogens with zero attached hydrogens (tertiary/aromatic N) is 1. The number of benzene rings is 1. The van der Waals surface area contributed by atoms with E-state index in [-0.39, 0.29) is 11.6 Å². The first-order chi connectivity index (χ1) is 9.28. The molecule has 1 aromatic heterocycles. The number of aromatic amines is 1. The maximum Gasteiger partial charge on any atom is 0.326 e. The number of hydrogen-bond acceptors (Lipinski definition) is 2. The maximum atomic E-state index is 12.0. The van der Waals surface area contributed by atoms with Crippen LogP contribution in [0.2, 0.25) is 0 Å². The zero-order valence-corrected chi connectivity index (χ0v) is 10.8. The Morgan fingerprint density at radius 1 is 1.21 bits per heavy atom. The number of hydrogen-bond donors (Lipinski definition) is 1. The number of para-hydroxylation sites is 2.